The van der Waals surface area contributed by atoms with Crippen LogP contribution in [0.3, 0.4) is 0 Å². The summed E-state index contributed by atoms with van der Waals surface area (Å²) in [5.41, 5.74) is 0.648. The highest BCUT2D eigenvalue weighted by Crippen LogP contribution is 2.51. The van der Waals surface area contributed by atoms with Crippen LogP contribution in [0.2, 0.25) is 0 Å². The third-order valence-corrected chi connectivity index (χ3v) is 7.80. The Morgan fingerprint density at radius 1 is 1.18 bits per heavy atom. The molecular weight excluding hydrogens is 486 g/mol. The van der Waals surface area contributed by atoms with Gasteiger partial charge in [-0.1, -0.05) is 42.5 Å². The summed E-state index contributed by atoms with van der Waals surface area (Å²) in [7, 11) is 1.93. The lowest BCUT2D eigenvalue weighted by atomic mass is 9.60. The summed E-state index contributed by atoms with van der Waals surface area (Å²) in [6, 6.07) is 15.3. The first kappa shape index (κ1) is 27.3. The smallest absolute Gasteiger partial charge is 0.336 e. The van der Waals surface area contributed by atoms with Gasteiger partial charge >= 0.3 is 11.9 Å². The van der Waals surface area contributed by atoms with E-state index in [1.807, 2.05) is 42.3 Å². The molecule has 0 saturated heterocycles. The number of aliphatic carboxylic acids is 1. The number of non-ortho nitro benzene ring substituents is 1. The van der Waals surface area contributed by atoms with Gasteiger partial charge in [-0.05, 0) is 63.7 Å². The summed E-state index contributed by atoms with van der Waals surface area (Å²) in [5.74, 6) is -2.24. The molecule has 1 aliphatic carbocycles. The van der Waals surface area contributed by atoms with Gasteiger partial charge in [0.1, 0.15) is 0 Å². The molecule has 4 rings (SSSR count). The van der Waals surface area contributed by atoms with Crippen LogP contribution in [-0.4, -0.2) is 53.1 Å². The van der Waals surface area contributed by atoms with Gasteiger partial charge in [-0.2, -0.15) is 0 Å². The summed E-state index contributed by atoms with van der Waals surface area (Å²) in [6.45, 7) is 4.88. The number of carbonyl (C=O) groups is 2. The second-order valence-corrected chi connectivity index (χ2v) is 10.6. The van der Waals surface area contributed by atoms with E-state index < -0.39 is 34.2 Å². The van der Waals surface area contributed by atoms with Crippen molar-refractivity contribution in [3.8, 4) is 0 Å². The lowest BCUT2D eigenvalue weighted by molar-refractivity contribution is -0.384. The van der Waals surface area contributed by atoms with E-state index >= 15 is 0 Å². The molecule has 2 N–H and O–H groups in total. The fourth-order valence-corrected chi connectivity index (χ4v) is 5.49. The molecule has 9 heteroatoms. The minimum absolute atomic E-state index is 0.155. The Labute approximate surface area is 222 Å². The van der Waals surface area contributed by atoms with Crippen molar-refractivity contribution in [1.82, 2.24) is 10.2 Å². The van der Waals surface area contributed by atoms with Crippen LogP contribution in [-0.2, 0) is 20.9 Å². The Kier molecular flexibility index (Phi) is 8.16. The zero-order valence-corrected chi connectivity index (χ0v) is 22.1. The van der Waals surface area contributed by atoms with E-state index in [9.17, 15) is 24.8 Å². The van der Waals surface area contributed by atoms with E-state index in [4.69, 9.17) is 4.74 Å². The topological polar surface area (TPSA) is 122 Å². The maximum absolute atomic E-state index is 13.5. The molecule has 0 amide bonds. The second kappa shape index (κ2) is 11.3. The molecule has 202 valence electrons. The van der Waals surface area contributed by atoms with Crippen molar-refractivity contribution >= 4 is 17.6 Å². The molecule has 2 aromatic rings. The van der Waals surface area contributed by atoms with Crippen LogP contribution in [0.4, 0.5) is 5.69 Å². The SMILES string of the molecule is CC1=C(C(=O)OCC2CC2)C(c2cccc([N+](=O)[O-])c2)C(CCN(C)Cc2ccccc2)(C(=O)O)C(C)N1. The first-order valence-electron chi connectivity index (χ1n) is 13.0. The fraction of sp³-hybridized carbons (Fsp3) is 0.448. The van der Waals surface area contributed by atoms with Crippen molar-refractivity contribution in [2.24, 2.45) is 11.3 Å². The molecule has 3 atom stereocenters. The van der Waals surface area contributed by atoms with Gasteiger partial charge in [-0.3, -0.25) is 14.9 Å². The van der Waals surface area contributed by atoms with Gasteiger partial charge in [0.15, 0.2) is 0 Å². The number of nitrogens with one attached hydrogen (secondary N) is 1. The standard InChI is InChI=1S/C29H35N3O6/c1-19-25(27(33)38-18-22-12-13-22)26(23-10-7-11-24(16-23)32(36)37)29(28(34)35,20(2)30-19)14-15-31(3)17-21-8-5-4-6-9-21/h4-11,16,20,22,26,30H,12-15,17-18H2,1-3H3,(H,34,35). The molecule has 9 nitrogen and oxygen atoms in total. The lowest BCUT2D eigenvalue weighted by Crippen LogP contribution is -2.57. The number of carboxylic acids is 1. The van der Waals surface area contributed by atoms with Crippen molar-refractivity contribution < 1.29 is 24.4 Å². The predicted molar refractivity (Wildman–Crippen MR) is 142 cm³/mol. The van der Waals surface area contributed by atoms with Crippen LogP contribution in [0.25, 0.3) is 0 Å². The molecular formula is C29H35N3O6. The van der Waals surface area contributed by atoms with Crippen molar-refractivity contribution in [2.45, 2.75) is 51.6 Å². The minimum Gasteiger partial charge on any atom is -0.481 e. The van der Waals surface area contributed by atoms with Gasteiger partial charge in [0.05, 0.1) is 22.5 Å². The summed E-state index contributed by atoms with van der Waals surface area (Å²) in [5, 5.41) is 25.7. The van der Waals surface area contributed by atoms with E-state index in [0.29, 0.717) is 30.3 Å². The largest absolute Gasteiger partial charge is 0.481 e. The van der Waals surface area contributed by atoms with E-state index in [0.717, 1.165) is 18.4 Å². The summed E-state index contributed by atoms with van der Waals surface area (Å²) in [4.78, 5) is 39.9. The summed E-state index contributed by atoms with van der Waals surface area (Å²) >= 11 is 0. The highest BCUT2D eigenvalue weighted by Gasteiger charge is 2.56. The Balaban J connectivity index is 1.75. The lowest BCUT2D eigenvalue weighted by Gasteiger charge is -2.47. The maximum Gasteiger partial charge on any atom is 0.336 e. The van der Waals surface area contributed by atoms with Crippen LogP contribution in [0, 0.1) is 21.4 Å². The minimum atomic E-state index is -1.46. The number of rotatable bonds is 11. The number of carbonyl (C=O) groups excluding carboxylic acids is 1. The molecule has 1 heterocycles. The Morgan fingerprint density at radius 2 is 1.89 bits per heavy atom. The third-order valence-electron chi connectivity index (χ3n) is 7.80. The van der Waals surface area contributed by atoms with Crippen LogP contribution >= 0.6 is 0 Å². The average Bonchev–Trinajstić information content (AvgIpc) is 3.71. The van der Waals surface area contributed by atoms with E-state index in [2.05, 4.69) is 5.32 Å². The first-order valence-corrected chi connectivity index (χ1v) is 13.0. The van der Waals surface area contributed by atoms with E-state index in [1.54, 1.807) is 19.9 Å². The molecule has 2 aromatic carbocycles. The molecule has 3 unspecified atom stereocenters. The number of nitro groups is 1. The van der Waals surface area contributed by atoms with Crippen LogP contribution < -0.4 is 5.32 Å². The van der Waals surface area contributed by atoms with Gasteiger partial charge in [0, 0.05) is 36.3 Å². The van der Waals surface area contributed by atoms with Crippen LogP contribution in [0.1, 0.15) is 50.2 Å². The number of carboxylic acid groups (broad SMARTS) is 1. The number of hydrogen-bond acceptors (Lipinski definition) is 7. The highest BCUT2D eigenvalue weighted by molar-refractivity contribution is 5.94. The van der Waals surface area contributed by atoms with Gasteiger partial charge in [0.25, 0.3) is 5.69 Å². The molecule has 0 bridgehead atoms. The normalized spacial score (nSPS) is 23.2. The number of ether oxygens (including phenoxy) is 1. The van der Waals surface area contributed by atoms with Crippen LogP contribution in [0.5, 0.6) is 0 Å². The van der Waals surface area contributed by atoms with Crippen molar-refractivity contribution in [3.63, 3.8) is 0 Å². The van der Waals surface area contributed by atoms with Gasteiger partial charge in [-0.15, -0.1) is 0 Å². The third kappa shape index (κ3) is 5.72. The van der Waals surface area contributed by atoms with Gasteiger partial charge in [0.2, 0.25) is 0 Å². The number of allylic oxidation sites excluding steroid dienone is 1. The highest BCUT2D eigenvalue weighted by atomic mass is 16.6. The molecule has 0 spiro atoms. The fourth-order valence-electron chi connectivity index (χ4n) is 5.49. The Bertz CT molecular complexity index is 1230. The van der Waals surface area contributed by atoms with Crippen molar-refractivity contribution in [3.05, 3.63) is 87.1 Å². The molecule has 1 aliphatic heterocycles. The number of nitro benzene ring substituents is 1. The van der Waals surface area contributed by atoms with Gasteiger partial charge < -0.3 is 20.1 Å². The maximum atomic E-state index is 13.5. The monoisotopic (exact) mass is 521 g/mol. The first-order chi connectivity index (χ1) is 18.1. The second-order valence-electron chi connectivity index (χ2n) is 10.6. The quantitative estimate of drug-likeness (QED) is 0.252. The van der Waals surface area contributed by atoms with E-state index in [-0.39, 0.29) is 24.3 Å². The number of hydrogen-bond donors (Lipinski definition) is 2. The molecule has 0 radical (unpaired) electrons. The number of benzene rings is 2. The molecule has 1 saturated carbocycles. The van der Waals surface area contributed by atoms with Crippen molar-refractivity contribution in [1.29, 1.82) is 0 Å². The zero-order valence-electron chi connectivity index (χ0n) is 22.1. The van der Waals surface area contributed by atoms with Crippen molar-refractivity contribution in [2.75, 3.05) is 20.2 Å². The molecule has 1 fully saturated rings. The Hall–Kier alpha value is -3.72. The average molecular weight is 522 g/mol. The predicted octanol–water partition coefficient (Wildman–Crippen LogP) is 4.49. The van der Waals surface area contributed by atoms with Gasteiger partial charge in [-0.25, -0.2) is 4.79 Å². The number of nitrogens with zero attached hydrogens (tertiary/aromatic N) is 2. The van der Waals surface area contributed by atoms with Crippen LogP contribution in [0.15, 0.2) is 65.9 Å². The number of esters is 1. The Morgan fingerprint density at radius 3 is 2.53 bits per heavy atom. The zero-order chi connectivity index (χ0) is 27.4. The summed E-state index contributed by atoms with van der Waals surface area (Å²) in [6.07, 6.45) is 2.21. The molecule has 2 aliphatic rings. The van der Waals surface area contributed by atoms with E-state index in [1.165, 1.54) is 18.2 Å². The molecule has 0 aromatic heterocycles. The summed E-state index contributed by atoms with van der Waals surface area (Å²) < 4.78 is 5.64. The molecule has 38 heavy (non-hydrogen) atoms.